The minimum Gasteiger partial charge on any atom is -0.357 e. The van der Waals surface area contributed by atoms with Crippen molar-refractivity contribution in [3.63, 3.8) is 0 Å². The van der Waals surface area contributed by atoms with Gasteiger partial charge in [-0.15, -0.1) is 0 Å². The van der Waals surface area contributed by atoms with E-state index >= 15 is 0 Å². The summed E-state index contributed by atoms with van der Waals surface area (Å²) in [7, 11) is -5.26. The Morgan fingerprint density at radius 1 is 1.07 bits per heavy atom. The van der Waals surface area contributed by atoms with E-state index in [0.717, 1.165) is 0 Å². The average molecular weight is 444 g/mol. The van der Waals surface area contributed by atoms with Crippen molar-refractivity contribution in [2.45, 2.75) is 46.0 Å². The highest BCUT2D eigenvalue weighted by atomic mass is 32.2. The first-order chi connectivity index (χ1) is 13.3. The number of hydrogen-bond acceptors (Lipinski definition) is 4. The molecule has 1 aliphatic rings. The second kappa shape index (κ2) is 10.5. The number of aliphatic imine (C=N–C) groups is 1. The van der Waals surface area contributed by atoms with Crippen molar-refractivity contribution in [3.05, 3.63) is 0 Å². The summed E-state index contributed by atoms with van der Waals surface area (Å²) in [5.74, 6) is 0.433. The number of carbonyl (C=O) groups is 1. The van der Waals surface area contributed by atoms with Crippen LogP contribution in [-0.4, -0.2) is 69.4 Å². The third-order valence-corrected chi connectivity index (χ3v) is 6.32. The average Bonchev–Trinajstić information content (AvgIpc) is 2.63. The van der Waals surface area contributed by atoms with E-state index < -0.39 is 20.9 Å². The first-order valence-corrected chi connectivity index (χ1v) is 11.2. The Labute approximate surface area is 170 Å². The van der Waals surface area contributed by atoms with Gasteiger partial charge in [-0.25, -0.2) is 8.42 Å². The van der Waals surface area contributed by atoms with Crippen LogP contribution in [0.5, 0.6) is 0 Å². The Balaban J connectivity index is 2.60. The fourth-order valence-electron chi connectivity index (χ4n) is 2.83. The highest BCUT2D eigenvalue weighted by molar-refractivity contribution is 7.90. The molecule has 0 spiro atoms. The molecule has 29 heavy (non-hydrogen) atoms. The predicted molar refractivity (Wildman–Crippen MR) is 106 cm³/mol. The number of halogens is 3. The van der Waals surface area contributed by atoms with Crippen LogP contribution in [0, 0.1) is 11.3 Å². The maximum Gasteiger partial charge on any atom is 0.511 e. The molecule has 1 aliphatic heterocycles. The standard InChI is InChI=1S/C17H32F3N5O3S/c1-5-21-14(26)16(3,4)12-24-15(22-6-2)23-11-13-7-9-25(10-8-13)29(27,28)17(18,19)20/h13H,5-12H2,1-4H3,(H,21,26)(H2,22,23,24). The van der Waals surface area contributed by atoms with Gasteiger partial charge in [0.15, 0.2) is 5.96 Å². The molecule has 1 heterocycles. The molecule has 3 N–H and O–H groups in total. The van der Waals surface area contributed by atoms with E-state index in [-0.39, 0.29) is 31.5 Å². The van der Waals surface area contributed by atoms with E-state index in [9.17, 15) is 26.4 Å². The molecule has 1 amide bonds. The normalized spacial score (nSPS) is 17.8. The number of piperidine rings is 1. The molecule has 1 rings (SSSR count). The zero-order chi connectivity index (χ0) is 22.3. The lowest BCUT2D eigenvalue weighted by atomic mass is 9.92. The number of nitrogens with one attached hydrogen (secondary N) is 3. The summed E-state index contributed by atoms with van der Waals surface area (Å²) in [5.41, 5.74) is -5.95. The SMILES string of the molecule is CCNC(=O)C(C)(C)CN=C(NCC)NCC1CCN(S(=O)(=O)C(F)(F)F)CC1. The smallest absolute Gasteiger partial charge is 0.357 e. The first-order valence-electron chi connectivity index (χ1n) is 9.72. The van der Waals surface area contributed by atoms with Gasteiger partial charge in [0.25, 0.3) is 0 Å². The Morgan fingerprint density at radius 3 is 2.10 bits per heavy atom. The predicted octanol–water partition coefficient (Wildman–Crippen LogP) is 1.27. The second-order valence-corrected chi connectivity index (χ2v) is 9.54. The van der Waals surface area contributed by atoms with Crippen molar-refractivity contribution in [2.24, 2.45) is 16.3 Å². The Morgan fingerprint density at radius 2 is 1.62 bits per heavy atom. The molecule has 0 atom stereocenters. The number of guanidine groups is 1. The molecule has 0 aromatic heterocycles. The lowest BCUT2D eigenvalue weighted by Gasteiger charge is -2.31. The van der Waals surface area contributed by atoms with Crippen LogP contribution in [0.2, 0.25) is 0 Å². The van der Waals surface area contributed by atoms with Crippen LogP contribution in [0.3, 0.4) is 0 Å². The van der Waals surface area contributed by atoms with Gasteiger partial charge < -0.3 is 16.0 Å². The summed E-state index contributed by atoms with van der Waals surface area (Å²) < 4.78 is 61.4. The molecule has 0 bridgehead atoms. The van der Waals surface area contributed by atoms with Crippen molar-refractivity contribution in [3.8, 4) is 0 Å². The molecule has 0 aromatic rings. The third-order valence-electron chi connectivity index (χ3n) is 4.69. The van der Waals surface area contributed by atoms with E-state index in [4.69, 9.17) is 0 Å². The topological polar surface area (TPSA) is 103 Å². The quantitative estimate of drug-likeness (QED) is 0.387. The van der Waals surface area contributed by atoms with Gasteiger partial charge in [-0.2, -0.15) is 17.5 Å². The first kappa shape index (κ1) is 25.5. The number of sulfonamides is 1. The zero-order valence-electron chi connectivity index (χ0n) is 17.4. The highest BCUT2D eigenvalue weighted by Gasteiger charge is 2.50. The summed E-state index contributed by atoms with van der Waals surface area (Å²) >= 11 is 0. The largest absolute Gasteiger partial charge is 0.511 e. The molecular weight excluding hydrogens is 411 g/mol. The number of nitrogens with zero attached hydrogens (tertiary/aromatic N) is 2. The van der Waals surface area contributed by atoms with E-state index in [1.807, 2.05) is 13.8 Å². The molecule has 170 valence electrons. The molecule has 0 aliphatic carbocycles. The Bertz CT molecular complexity index is 672. The van der Waals surface area contributed by atoms with Crippen LogP contribution >= 0.6 is 0 Å². The van der Waals surface area contributed by atoms with Crippen LogP contribution < -0.4 is 16.0 Å². The maximum atomic E-state index is 12.6. The Hall–Kier alpha value is -1.56. The molecule has 12 heteroatoms. The van der Waals surface area contributed by atoms with Crippen LogP contribution in [-0.2, 0) is 14.8 Å². The van der Waals surface area contributed by atoms with Crippen LogP contribution in [0.1, 0.15) is 40.5 Å². The van der Waals surface area contributed by atoms with Gasteiger partial charge in [0.05, 0.1) is 12.0 Å². The third kappa shape index (κ3) is 7.32. The van der Waals surface area contributed by atoms with Gasteiger partial charge in [-0.3, -0.25) is 9.79 Å². The summed E-state index contributed by atoms with van der Waals surface area (Å²) in [6.45, 7) is 8.86. The molecule has 0 saturated carbocycles. The van der Waals surface area contributed by atoms with Crippen molar-refractivity contribution < 1.29 is 26.4 Å². The summed E-state index contributed by atoms with van der Waals surface area (Å²) in [5, 5.41) is 8.97. The number of rotatable bonds is 8. The van der Waals surface area contributed by atoms with Crippen LogP contribution in [0.15, 0.2) is 4.99 Å². The Kier molecular flexibility index (Phi) is 9.19. The molecule has 1 saturated heterocycles. The second-order valence-electron chi connectivity index (χ2n) is 7.61. The van der Waals surface area contributed by atoms with E-state index in [1.54, 1.807) is 13.8 Å². The van der Waals surface area contributed by atoms with Gasteiger partial charge in [0.2, 0.25) is 5.91 Å². The van der Waals surface area contributed by atoms with Gasteiger partial charge in [-0.1, -0.05) is 0 Å². The molecule has 0 unspecified atom stereocenters. The lowest BCUT2D eigenvalue weighted by Crippen LogP contribution is -2.47. The molecule has 1 fully saturated rings. The maximum absolute atomic E-state index is 12.6. The summed E-state index contributed by atoms with van der Waals surface area (Å²) in [6.07, 6.45) is 0.651. The van der Waals surface area contributed by atoms with Gasteiger partial charge in [0.1, 0.15) is 0 Å². The fraction of sp³-hybridized carbons (Fsp3) is 0.882. The van der Waals surface area contributed by atoms with E-state index in [0.29, 0.717) is 42.7 Å². The van der Waals surface area contributed by atoms with Gasteiger partial charge in [0, 0.05) is 32.7 Å². The van der Waals surface area contributed by atoms with Crippen molar-refractivity contribution in [1.29, 1.82) is 0 Å². The number of amides is 1. The minimum absolute atomic E-state index is 0.0231. The number of alkyl halides is 3. The summed E-state index contributed by atoms with van der Waals surface area (Å²) in [6, 6.07) is 0. The van der Waals surface area contributed by atoms with Crippen molar-refractivity contribution >= 4 is 21.9 Å². The van der Waals surface area contributed by atoms with Crippen molar-refractivity contribution in [1.82, 2.24) is 20.3 Å². The number of carbonyl (C=O) groups excluding carboxylic acids is 1. The summed E-state index contributed by atoms with van der Waals surface area (Å²) in [4.78, 5) is 16.5. The minimum atomic E-state index is -5.26. The molecule has 8 nitrogen and oxygen atoms in total. The fourth-order valence-corrected chi connectivity index (χ4v) is 3.82. The zero-order valence-corrected chi connectivity index (χ0v) is 18.2. The molecule has 0 aromatic carbocycles. The van der Waals surface area contributed by atoms with Gasteiger partial charge >= 0.3 is 15.5 Å². The molecule has 0 radical (unpaired) electrons. The van der Waals surface area contributed by atoms with Crippen molar-refractivity contribution in [2.75, 3.05) is 39.3 Å². The van der Waals surface area contributed by atoms with Crippen LogP contribution in [0.4, 0.5) is 13.2 Å². The van der Waals surface area contributed by atoms with E-state index in [1.165, 1.54) is 0 Å². The van der Waals surface area contributed by atoms with Crippen LogP contribution in [0.25, 0.3) is 0 Å². The molecular formula is C17H32F3N5O3S. The highest BCUT2D eigenvalue weighted by Crippen LogP contribution is 2.30. The van der Waals surface area contributed by atoms with Gasteiger partial charge in [-0.05, 0) is 46.5 Å². The monoisotopic (exact) mass is 443 g/mol. The van der Waals surface area contributed by atoms with E-state index in [2.05, 4.69) is 20.9 Å². The lowest BCUT2D eigenvalue weighted by molar-refractivity contribution is -0.128. The number of hydrogen-bond donors (Lipinski definition) is 3.